The highest BCUT2D eigenvalue weighted by Crippen LogP contribution is 2.42. The van der Waals surface area contributed by atoms with Gasteiger partial charge in [-0.15, -0.1) is 6.58 Å². The maximum Gasteiger partial charge on any atom is 0.315 e. The monoisotopic (exact) mass is 521 g/mol. The van der Waals surface area contributed by atoms with Crippen LogP contribution >= 0.6 is 0 Å². The average molecular weight is 522 g/mol. The summed E-state index contributed by atoms with van der Waals surface area (Å²) in [6, 6.07) is 16.5. The molecule has 1 heterocycles. The summed E-state index contributed by atoms with van der Waals surface area (Å²) in [5.41, 5.74) is 3.94. The van der Waals surface area contributed by atoms with Gasteiger partial charge in [-0.3, -0.25) is 4.90 Å². The van der Waals surface area contributed by atoms with E-state index in [2.05, 4.69) is 41.2 Å². The van der Waals surface area contributed by atoms with Crippen LogP contribution in [0.15, 0.2) is 61.2 Å². The molecule has 1 aliphatic carbocycles. The Hall–Kier alpha value is -2.71. The van der Waals surface area contributed by atoms with Gasteiger partial charge in [0.1, 0.15) is 0 Å². The number of ether oxygens (including phenoxy) is 2. The molecule has 206 valence electrons. The largest absolute Gasteiger partial charge is 0.392 e. The molecular weight excluding hydrogens is 478 g/mol. The lowest BCUT2D eigenvalue weighted by atomic mass is 9.89. The van der Waals surface area contributed by atoms with Gasteiger partial charge in [-0.1, -0.05) is 74.4 Å². The number of carbonyl (C=O) groups excluding carboxylic acids is 1. The average Bonchev–Trinajstić information content (AvgIpc) is 3.48. The summed E-state index contributed by atoms with van der Waals surface area (Å²) in [5, 5.41) is 15.1. The summed E-state index contributed by atoms with van der Waals surface area (Å²) in [6.45, 7) is 10.9. The van der Waals surface area contributed by atoms with Gasteiger partial charge in [0, 0.05) is 43.7 Å². The number of benzene rings is 2. The number of rotatable bonds is 11. The molecule has 1 saturated carbocycles. The molecule has 3 N–H and O–H groups in total. The predicted molar refractivity (Wildman–Crippen MR) is 149 cm³/mol. The maximum atomic E-state index is 11.8. The van der Waals surface area contributed by atoms with Crippen molar-refractivity contribution in [3.8, 4) is 0 Å². The van der Waals surface area contributed by atoms with E-state index in [4.69, 9.17) is 9.47 Å². The molecular formula is C31H43N3O4. The van der Waals surface area contributed by atoms with Crippen LogP contribution in [0.25, 0.3) is 0 Å². The highest BCUT2D eigenvalue weighted by Gasteiger charge is 2.40. The van der Waals surface area contributed by atoms with Gasteiger partial charge >= 0.3 is 6.03 Å². The summed E-state index contributed by atoms with van der Waals surface area (Å²) < 4.78 is 13.3. The Morgan fingerprint density at radius 2 is 1.68 bits per heavy atom. The Bertz CT molecular complexity index is 1020. The number of nitrogens with zero attached hydrogens (tertiary/aromatic N) is 1. The SMILES string of the molecule is C=CCN(C[C@H]1O[C@@H](c2ccc(CNC(=O)NCC)cc2)O[C@@H](c2ccc(CO)cc2)[C@H]1C)C1CCCC1. The van der Waals surface area contributed by atoms with Gasteiger partial charge in [0.25, 0.3) is 0 Å². The Kier molecular flexibility index (Phi) is 10.4. The van der Waals surface area contributed by atoms with Crippen LogP contribution in [-0.4, -0.2) is 47.8 Å². The minimum absolute atomic E-state index is 0.0177. The molecule has 1 saturated heterocycles. The van der Waals surface area contributed by atoms with Crippen LogP contribution in [0.3, 0.4) is 0 Å². The first-order valence-electron chi connectivity index (χ1n) is 14.0. The molecule has 2 aromatic rings. The predicted octanol–water partition coefficient (Wildman–Crippen LogP) is 5.22. The normalized spacial score (nSPS) is 23.9. The molecule has 0 bridgehead atoms. The zero-order valence-electron chi connectivity index (χ0n) is 22.8. The van der Waals surface area contributed by atoms with Crippen LogP contribution < -0.4 is 10.6 Å². The molecule has 0 spiro atoms. The van der Waals surface area contributed by atoms with Crippen molar-refractivity contribution >= 4 is 6.03 Å². The molecule has 4 rings (SSSR count). The lowest BCUT2D eigenvalue weighted by molar-refractivity contribution is -0.276. The molecule has 2 fully saturated rings. The van der Waals surface area contributed by atoms with Crippen molar-refractivity contribution in [3.05, 3.63) is 83.4 Å². The van der Waals surface area contributed by atoms with E-state index in [1.54, 1.807) is 0 Å². The van der Waals surface area contributed by atoms with Crippen molar-refractivity contribution in [2.75, 3.05) is 19.6 Å². The third-order valence-electron chi connectivity index (χ3n) is 7.78. The fraction of sp³-hybridized carbons (Fsp3) is 0.516. The molecule has 4 atom stereocenters. The molecule has 2 amide bonds. The lowest BCUT2D eigenvalue weighted by Crippen LogP contribution is -2.47. The van der Waals surface area contributed by atoms with Crippen LogP contribution in [0, 0.1) is 5.92 Å². The van der Waals surface area contributed by atoms with Gasteiger partial charge < -0.3 is 25.2 Å². The van der Waals surface area contributed by atoms with Crippen molar-refractivity contribution in [2.24, 2.45) is 5.92 Å². The number of hydrogen-bond donors (Lipinski definition) is 3. The maximum absolute atomic E-state index is 11.8. The van der Waals surface area contributed by atoms with Crippen LogP contribution in [-0.2, 0) is 22.6 Å². The van der Waals surface area contributed by atoms with E-state index in [1.807, 2.05) is 49.4 Å². The van der Waals surface area contributed by atoms with Gasteiger partial charge in [0.05, 0.1) is 18.8 Å². The Morgan fingerprint density at radius 3 is 2.32 bits per heavy atom. The molecule has 2 aliphatic rings. The van der Waals surface area contributed by atoms with Gasteiger partial charge in [0.2, 0.25) is 0 Å². The summed E-state index contributed by atoms with van der Waals surface area (Å²) >= 11 is 0. The minimum Gasteiger partial charge on any atom is -0.392 e. The van der Waals surface area contributed by atoms with Crippen LogP contribution in [0.5, 0.6) is 0 Å². The second kappa shape index (κ2) is 13.9. The Labute approximate surface area is 227 Å². The van der Waals surface area contributed by atoms with E-state index in [1.165, 1.54) is 25.7 Å². The molecule has 7 nitrogen and oxygen atoms in total. The zero-order valence-corrected chi connectivity index (χ0v) is 22.8. The molecule has 1 aliphatic heterocycles. The number of hydrogen-bond acceptors (Lipinski definition) is 5. The van der Waals surface area contributed by atoms with Gasteiger partial charge in [-0.05, 0) is 36.5 Å². The van der Waals surface area contributed by atoms with Crippen molar-refractivity contribution in [1.29, 1.82) is 0 Å². The van der Waals surface area contributed by atoms with E-state index in [9.17, 15) is 9.90 Å². The van der Waals surface area contributed by atoms with Crippen LogP contribution in [0.2, 0.25) is 0 Å². The summed E-state index contributed by atoms with van der Waals surface area (Å²) in [6.07, 6.45) is 6.37. The number of aliphatic hydroxyl groups is 1. The summed E-state index contributed by atoms with van der Waals surface area (Å²) in [4.78, 5) is 14.3. The lowest BCUT2D eigenvalue weighted by Gasteiger charge is -2.43. The third-order valence-corrected chi connectivity index (χ3v) is 7.78. The van der Waals surface area contributed by atoms with Crippen LogP contribution in [0.1, 0.15) is 74.2 Å². The van der Waals surface area contributed by atoms with E-state index in [-0.39, 0.29) is 30.8 Å². The molecule has 0 unspecified atom stereocenters. The Morgan fingerprint density at radius 1 is 1.03 bits per heavy atom. The smallest absolute Gasteiger partial charge is 0.315 e. The van der Waals surface area contributed by atoms with E-state index >= 15 is 0 Å². The fourth-order valence-electron chi connectivity index (χ4n) is 5.57. The molecule has 0 aromatic heterocycles. The Balaban J connectivity index is 1.54. The van der Waals surface area contributed by atoms with Crippen molar-refractivity contribution in [1.82, 2.24) is 15.5 Å². The number of amides is 2. The highest BCUT2D eigenvalue weighted by atomic mass is 16.7. The molecule has 7 heteroatoms. The summed E-state index contributed by atoms with van der Waals surface area (Å²) in [5.74, 6) is 0.139. The second-order valence-electron chi connectivity index (χ2n) is 10.5. The third kappa shape index (κ3) is 7.23. The quantitative estimate of drug-likeness (QED) is 0.353. The van der Waals surface area contributed by atoms with Crippen LogP contribution in [0.4, 0.5) is 4.79 Å². The first-order valence-corrected chi connectivity index (χ1v) is 14.0. The number of carbonyl (C=O) groups is 1. The molecule has 2 aromatic carbocycles. The van der Waals surface area contributed by atoms with E-state index < -0.39 is 6.29 Å². The highest BCUT2D eigenvalue weighted by molar-refractivity contribution is 5.73. The first kappa shape index (κ1) is 28.3. The van der Waals surface area contributed by atoms with E-state index in [0.29, 0.717) is 19.1 Å². The van der Waals surface area contributed by atoms with Crippen molar-refractivity contribution in [2.45, 2.75) is 77.2 Å². The van der Waals surface area contributed by atoms with E-state index in [0.717, 1.165) is 35.3 Å². The zero-order chi connectivity index (χ0) is 26.9. The number of aliphatic hydroxyl groups excluding tert-OH is 1. The molecule has 0 radical (unpaired) electrons. The molecule has 38 heavy (non-hydrogen) atoms. The number of urea groups is 1. The standard InChI is InChI=1S/C31H43N3O4/c1-4-18-34(27-8-6-7-9-27)20-28-22(3)29(25-14-12-24(21-35)13-15-25)38-30(37-28)26-16-10-23(11-17-26)19-33-31(36)32-5-2/h4,10-17,22,27-30,35H,1,5-9,18-21H2,2-3H3,(H2,32,33,36)/t22-,28+,29+,30+/m0/s1. The second-order valence-corrected chi connectivity index (χ2v) is 10.5. The van der Waals surface area contributed by atoms with Gasteiger partial charge in [-0.25, -0.2) is 4.79 Å². The number of nitrogens with one attached hydrogen (secondary N) is 2. The fourth-order valence-corrected chi connectivity index (χ4v) is 5.57. The van der Waals surface area contributed by atoms with Crippen molar-refractivity contribution in [3.63, 3.8) is 0 Å². The topological polar surface area (TPSA) is 83.1 Å². The van der Waals surface area contributed by atoms with Gasteiger partial charge in [0.15, 0.2) is 6.29 Å². The van der Waals surface area contributed by atoms with Gasteiger partial charge in [-0.2, -0.15) is 0 Å². The minimum atomic E-state index is -0.502. The summed E-state index contributed by atoms with van der Waals surface area (Å²) in [7, 11) is 0. The first-order chi connectivity index (χ1) is 18.5. The van der Waals surface area contributed by atoms with Crippen molar-refractivity contribution < 1.29 is 19.4 Å².